The molecule has 1 unspecified atom stereocenters. The number of fused-ring (bicyclic) bond motifs is 1. The molecule has 0 saturated heterocycles. The number of allylic oxidation sites excluding steroid dienone is 4. The fraction of sp³-hybridized carbons (Fsp3) is 0.812. The van der Waals surface area contributed by atoms with Crippen molar-refractivity contribution in [3.8, 4) is 0 Å². The quantitative estimate of drug-likeness (QED) is 0.205. The van der Waals surface area contributed by atoms with Gasteiger partial charge in [-0.2, -0.15) is 0 Å². The summed E-state index contributed by atoms with van der Waals surface area (Å²) in [5, 5.41) is 10.1. The topological polar surface area (TPSA) is 78.8 Å². The van der Waals surface area contributed by atoms with Crippen LogP contribution in [0.25, 0.3) is 0 Å². The van der Waals surface area contributed by atoms with Crippen molar-refractivity contribution < 1.29 is 28.1 Å². The smallest absolute Gasteiger partial charge is 0.268 e. The van der Waals surface area contributed by atoms with Crippen LogP contribution in [0.5, 0.6) is 0 Å². The molecule has 3 aliphatic carbocycles. The summed E-state index contributed by atoms with van der Waals surface area (Å²) in [7, 11) is 1.66. The third-order valence-electron chi connectivity index (χ3n) is 9.63. The zero-order valence-electron chi connectivity index (χ0n) is 25.8. The van der Waals surface area contributed by atoms with Gasteiger partial charge in [0.15, 0.2) is 0 Å². The molecule has 3 aliphatic rings. The second kappa shape index (κ2) is 13.0. The summed E-state index contributed by atoms with van der Waals surface area (Å²) in [5.74, 6) is 2.01. The average molecular weight is 566 g/mol. The van der Waals surface area contributed by atoms with Crippen LogP contribution in [-0.2, 0) is 13.6 Å². The number of hydrogen-bond acceptors (Lipinski definition) is 5. The van der Waals surface area contributed by atoms with E-state index in [0.29, 0.717) is 41.1 Å². The molecule has 0 amide bonds. The highest BCUT2D eigenvalue weighted by molar-refractivity contribution is 7.45. The van der Waals surface area contributed by atoms with Crippen molar-refractivity contribution in [3.05, 3.63) is 35.5 Å². The van der Waals surface area contributed by atoms with Crippen LogP contribution in [0.3, 0.4) is 0 Å². The lowest BCUT2D eigenvalue weighted by Crippen LogP contribution is -2.37. The number of quaternary nitrogens is 1. The molecule has 39 heavy (non-hydrogen) atoms. The van der Waals surface area contributed by atoms with E-state index in [0.717, 1.165) is 42.7 Å². The standard InChI is InChI=1S/C32H56NO5P/c1-24-13-16-28(38-39(35,36)37-22-21-33(6,7)8)23-27(24)15-14-26-12-10-20-32(5)29(17-18-30(26)32)25(2)11-9-19-31(3,4)34/h14-15,25,28-30,34H,1,9-13,16-23H2,2-8H3/b26-14+,27-15-/t25-,28+,29-,30+,32-/m1/s1. The van der Waals surface area contributed by atoms with E-state index in [1.54, 1.807) is 5.57 Å². The number of aliphatic hydroxyl groups is 1. The maximum atomic E-state index is 12.4. The summed E-state index contributed by atoms with van der Waals surface area (Å²) in [6.45, 7) is 13.8. The minimum Gasteiger partial charge on any atom is -0.756 e. The van der Waals surface area contributed by atoms with Crippen LogP contribution in [0.1, 0.15) is 98.3 Å². The molecule has 1 N–H and O–H groups in total. The van der Waals surface area contributed by atoms with Crippen LogP contribution in [0, 0.1) is 23.2 Å². The van der Waals surface area contributed by atoms with Gasteiger partial charge in [0.2, 0.25) is 0 Å². The first-order valence-corrected chi connectivity index (χ1v) is 16.7. The first kappa shape index (κ1) is 32.8. The Morgan fingerprint density at radius 1 is 1.23 bits per heavy atom. The summed E-state index contributed by atoms with van der Waals surface area (Å²) in [5.41, 5.74) is 3.50. The van der Waals surface area contributed by atoms with E-state index >= 15 is 0 Å². The summed E-state index contributed by atoms with van der Waals surface area (Å²) in [6.07, 6.45) is 15.4. The van der Waals surface area contributed by atoms with Crippen molar-refractivity contribution in [2.24, 2.45) is 23.2 Å². The van der Waals surface area contributed by atoms with Crippen LogP contribution in [0.15, 0.2) is 35.5 Å². The Kier molecular flexibility index (Phi) is 11.0. The molecule has 0 heterocycles. The van der Waals surface area contributed by atoms with Gasteiger partial charge in [0.05, 0.1) is 32.8 Å². The summed E-state index contributed by atoms with van der Waals surface area (Å²) < 4.78 is 23.7. The molecule has 6 atom stereocenters. The second-order valence-corrected chi connectivity index (χ2v) is 15.9. The SMILES string of the molecule is C=C1CC[C@H](OP(=O)([O-])OCC[N+](C)(C)C)C/C1=C/C=C1\CCC[C@]2(C)[C@@H]([C@H](C)CCCC(C)(C)O)CC[C@@H]12. The largest absolute Gasteiger partial charge is 0.756 e. The molecule has 3 saturated carbocycles. The summed E-state index contributed by atoms with van der Waals surface area (Å²) in [4.78, 5) is 12.4. The first-order chi connectivity index (χ1) is 18.0. The highest BCUT2D eigenvalue weighted by Crippen LogP contribution is 2.60. The van der Waals surface area contributed by atoms with Crippen molar-refractivity contribution >= 4 is 7.82 Å². The number of phosphoric ester groups is 1. The molecule has 0 aliphatic heterocycles. The van der Waals surface area contributed by atoms with E-state index in [1.807, 2.05) is 35.0 Å². The third-order valence-corrected chi connectivity index (χ3v) is 10.7. The molecule has 0 aromatic heterocycles. The number of phosphoric acid groups is 1. The number of nitrogens with zero attached hydrogens (tertiary/aromatic N) is 1. The Bertz CT molecular complexity index is 959. The fourth-order valence-electron chi connectivity index (χ4n) is 7.38. The molecule has 0 aromatic rings. The fourth-order valence-corrected chi connectivity index (χ4v) is 8.29. The number of likely N-dealkylation sites (N-methyl/N-ethyl adjacent to an activating group) is 1. The maximum Gasteiger partial charge on any atom is 0.268 e. The molecule has 3 rings (SSSR count). The van der Waals surface area contributed by atoms with Crippen molar-refractivity contribution in [1.82, 2.24) is 0 Å². The van der Waals surface area contributed by atoms with Gasteiger partial charge in [-0.3, -0.25) is 4.57 Å². The van der Waals surface area contributed by atoms with Gasteiger partial charge in [0, 0.05) is 0 Å². The van der Waals surface area contributed by atoms with Gasteiger partial charge in [0.1, 0.15) is 13.2 Å². The van der Waals surface area contributed by atoms with Gasteiger partial charge in [-0.25, -0.2) is 0 Å². The highest BCUT2D eigenvalue weighted by atomic mass is 31.2. The lowest BCUT2D eigenvalue weighted by atomic mass is 9.60. The van der Waals surface area contributed by atoms with Gasteiger partial charge in [-0.15, -0.1) is 0 Å². The van der Waals surface area contributed by atoms with Gasteiger partial charge in [0.25, 0.3) is 7.82 Å². The molecule has 0 aromatic carbocycles. The molecule has 7 heteroatoms. The van der Waals surface area contributed by atoms with E-state index in [2.05, 4.69) is 32.6 Å². The maximum absolute atomic E-state index is 12.4. The van der Waals surface area contributed by atoms with E-state index < -0.39 is 19.5 Å². The summed E-state index contributed by atoms with van der Waals surface area (Å²) in [6, 6.07) is 0. The van der Waals surface area contributed by atoms with E-state index in [4.69, 9.17) is 9.05 Å². The Morgan fingerprint density at radius 3 is 2.62 bits per heavy atom. The molecule has 224 valence electrons. The van der Waals surface area contributed by atoms with E-state index in [-0.39, 0.29) is 6.61 Å². The molecular weight excluding hydrogens is 509 g/mol. The molecule has 6 nitrogen and oxygen atoms in total. The lowest BCUT2D eigenvalue weighted by molar-refractivity contribution is -0.870. The van der Waals surface area contributed by atoms with Gasteiger partial charge < -0.3 is 23.5 Å². The molecule has 0 spiro atoms. The molecule has 0 radical (unpaired) electrons. The molecule has 3 fully saturated rings. The Hall–Kier alpha value is -0.750. The zero-order valence-corrected chi connectivity index (χ0v) is 26.7. The average Bonchev–Trinajstić information content (AvgIpc) is 3.15. The van der Waals surface area contributed by atoms with Crippen molar-refractivity contribution in [1.29, 1.82) is 0 Å². The first-order valence-electron chi connectivity index (χ1n) is 15.2. The normalized spacial score (nSPS) is 32.8. The second-order valence-electron chi connectivity index (χ2n) is 14.6. The number of rotatable bonds is 12. The molecular formula is C32H56NO5P. The van der Waals surface area contributed by atoms with Crippen LogP contribution in [0.2, 0.25) is 0 Å². The van der Waals surface area contributed by atoms with Crippen LogP contribution in [0.4, 0.5) is 0 Å². The van der Waals surface area contributed by atoms with Gasteiger partial charge >= 0.3 is 0 Å². The van der Waals surface area contributed by atoms with Crippen LogP contribution >= 0.6 is 7.82 Å². The minimum absolute atomic E-state index is 0.123. The number of hydrogen-bond donors (Lipinski definition) is 1. The summed E-state index contributed by atoms with van der Waals surface area (Å²) >= 11 is 0. The predicted octanol–water partition coefficient (Wildman–Crippen LogP) is 6.95. The van der Waals surface area contributed by atoms with Gasteiger partial charge in [-0.1, -0.05) is 56.6 Å². The van der Waals surface area contributed by atoms with Crippen molar-refractivity contribution in [2.45, 2.75) is 110 Å². The van der Waals surface area contributed by atoms with E-state index in [1.165, 1.54) is 32.1 Å². The Morgan fingerprint density at radius 2 is 1.95 bits per heavy atom. The predicted molar refractivity (Wildman–Crippen MR) is 158 cm³/mol. The Labute approximate surface area is 238 Å². The zero-order chi connectivity index (χ0) is 29.1. The Balaban J connectivity index is 1.63. The monoisotopic (exact) mass is 565 g/mol. The van der Waals surface area contributed by atoms with Crippen molar-refractivity contribution in [2.75, 3.05) is 34.3 Å². The van der Waals surface area contributed by atoms with Crippen molar-refractivity contribution in [3.63, 3.8) is 0 Å². The van der Waals surface area contributed by atoms with E-state index in [9.17, 15) is 14.6 Å². The van der Waals surface area contributed by atoms with Crippen LogP contribution in [-0.4, -0.2) is 55.6 Å². The third kappa shape index (κ3) is 9.65. The lowest BCUT2D eigenvalue weighted by Gasteiger charge is -2.44. The molecule has 0 bridgehead atoms. The van der Waals surface area contributed by atoms with Crippen LogP contribution < -0.4 is 4.89 Å². The highest BCUT2D eigenvalue weighted by Gasteiger charge is 2.50. The minimum atomic E-state index is -4.34. The van der Waals surface area contributed by atoms with Gasteiger partial charge in [-0.05, 0) is 100 Å².